The van der Waals surface area contributed by atoms with Crippen molar-refractivity contribution in [2.45, 2.75) is 116 Å². The number of hydrogen-bond donors (Lipinski definition) is 2. The lowest BCUT2D eigenvalue weighted by Crippen LogP contribution is -2.37. The van der Waals surface area contributed by atoms with E-state index in [2.05, 4.69) is 40.2 Å². The van der Waals surface area contributed by atoms with Crippen LogP contribution in [0.2, 0.25) is 0 Å². The first-order chi connectivity index (χ1) is 14.1. The summed E-state index contributed by atoms with van der Waals surface area (Å²) >= 11 is 0. The topological polar surface area (TPSA) is 66.8 Å². The van der Waals surface area contributed by atoms with Gasteiger partial charge in [0.15, 0.2) is 0 Å². The molecule has 0 fully saturated rings. The fourth-order valence-corrected chi connectivity index (χ4v) is 4.19. The zero-order valence-corrected chi connectivity index (χ0v) is 21.3. The van der Waals surface area contributed by atoms with E-state index in [1.807, 2.05) is 0 Å². The Bertz CT molecular complexity index is 457. The lowest BCUT2D eigenvalue weighted by atomic mass is 10.0. The van der Waals surface area contributed by atoms with Crippen molar-refractivity contribution in [2.24, 2.45) is 0 Å². The molecule has 180 valence electrons. The second-order valence-electron chi connectivity index (χ2n) is 9.75. The van der Waals surface area contributed by atoms with Crippen LogP contribution in [-0.2, 0) is 9.09 Å². The summed E-state index contributed by atoms with van der Waals surface area (Å²) in [7, 11) is 1.84. The average Bonchev–Trinajstić information content (AvgIpc) is 2.64. The minimum atomic E-state index is -4.41. The third-order valence-electron chi connectivity index (χ3n) is 5.45. The van der Waals surface area contributed by atoms with Crippen LogP contribution in [0.4, 0.5) is 0 Å². The van der Waals surface area contributed by atoms with E-state index in [0.717, 1.165) is 30.3 Å². The van der Waals surface area contributed by atoms with Crippen LogP contribution in [-0.4, -0.2) is 48.1 Å². The van der Waals surface area contributed by atoms with E-state index in [9.17, 15) is 4.57 Å². The molecule has 0 aromatic rings. The number of phosphoric ester groups is 1. The van der Waals surface area contributed by atoms with Crippen molar-refractivity contribution >= 4 is 7.82 Å². The minimum Gasteiger partial charge on any atom is -0.331 e. The maximum atomic E-state index is 11.2. The second-order valence-corrected chi connectivity index (χ2v) is 10.9. The standard InChI is InChI=1S/C24H50NO4P/c1-5-6-7-8-9-10-11-12-13-14-15-16-17-18-19-20-21-24(29-30(26,27)28)22-23-25(2,3)4/h12-13,24H,5-11,14-23H2,1-4H3,(H-,26,27,28)/p+1. The average molecular weight is 449 g/mol. The second kappa shape index (κ2) is 18.4. The maximum absolute atomic E-state index is 11.2. The molecule has 0 aliphatic carbocycles. The summed E-state index contributed by atoms with van der Waals surface area (Å²) in [5.74, 6) is 0. The van der Waals surface area contributed by atoms with Gasteiger partial charge in [0.1, 0.15) is 0 Å². The van der Waals surface area contributed by atoms with Crippen LogP contribution in [0.5, 0.6) is 0 Å². The molecule has 0 aromatic carbocycles. The van der Waals surface area contributed by atoms with Gasteiger partial charge < -0.3 is 14.3 Å². The highest BCUT2D eigenvalue weighted by Crippen LogP contribution is 2.39. The Morgan fingerprint density at radius 2 is 1.23 bits per heavy atom. The Balaban J connectivity index is 3.64. The number of phosphoric acid groups is 1. The molecule has 0 saturated heterocycles. The Morgan fingerprint density at radius 1 is 0.767 bits per heavy atom. The van der Waals surface area contributed by atoms with E-state index in [-0.39, 0.29) is 6.10 Å². The van der Waals surface area contributed by atoms with E-state index in [1.165, 1.54) is 77.0 Å². The molecule has 30 heavy (non-hydrogen) atoms. The molecule has 0 amide bonds. The monoisotopic (exact) mass is 448 g/mol. The third kappa shape index (κ3) is 24.1. The molecule has 0 aliphatic heterocycles. The number of allylic oxidation sites excluding steroid dienone is 2. The number of hydrogen-bond acceptors (Lipinski definition) is 2. The lowest BCUT2D eigenvalue weighted by Gasteiger charge is -2.26. The fourth-order valence-electron chi connectivity index (χ4n) is 3.59. The van der Waals surface area contributed by atoms with Gasteiger partial charge >= 0.3 is 7.82 Å². The molecule has 0 rings (SSSR count). The molecule has 0 heterocycles. The van der Waals surface area contributed by atoms with Gasteiger partial charge in [-0.25, -0.2) is 4.57 Å². The van der Waals surface area contributed by atoms with Crippen LogP contribution < -0.4 is 0 Å². The van der Waals surface area contributed by atoms with Gasteiger partial charge in [-0.2, -0.15) is 0 Å². The predicted molar refractivity (Wildman–Crippen MR) is 129 cm³/mol. The summed E-state index contributed by atoms with van der Waals surface area (Å²) in [4.78, 5) is 18.3. The molecule has 0 bridgehead atoms. The predicted octanol–water partition coefficient (Wildman–Crippen LogP) is 6.99. The molecule has 0 aromatic heterocycles. The molecule has 0 spiro atoms. The molecule has 0 aliphatic rings. The number of quaternary nitrogens is 1. The fraction of sp³-hybridized carbons (Fsp3) is 0.917. The summed E-state index contributed by atoms with van der Waals surface area (Å²) in [6.45, 7) is 3.11. The van der Waals surface area contributed by atoms with Crippen molar-refractivity contribution < 1.29 is 23.4 Å². The van der Waals surface area contributed by atoms with Crippen LogP contribution >= 0.6 is 7.82 Å². The molecule has 1 unspecified atom stereocenters. The van der Waals surface area contributed by atoms with Crippen molar-refractivity contribution in [3.8, 4) is 0 Å². The summed E-state index contributed by atoms with van der Waals surface area (Å²) in [5, 5.41) is 0. The largest absolute Gasteiger partial charge is 0.469 e. The van der Waals surface area contributed by atoms with E-state index >= 15 is 0 Å². The van der Waals surface area contributed by atoms with Gasteiger partial charge in [-0.05, 0) is 32.1 Å². The zero-order chi connectivity index (χ0) is 22.7. The minimum absolute atomic E-state index is 0.347. The first kappa shape index (κ1) is 29.8. The lowest BCUT2D eigenvalue weighted by molar-refractivity contribution is -0.870. The normalized spacial score (nSPS) is 13.9. The van der Waals surface area contributed by atoms with Crippen molar-refractivity contribution in [3.63, 3.8) is 0 Å². The van der Waals surface area contributed by atoms with E-state index in [4.69, 9.17) is 14.3 Å². The van der Waals surface area contributed by atoms with Gasteiger partial charge in [-0.15, -0.1) is 0 Å². The van der Waals surface area contributed by atoms with Gasteiger partial charge in [-0.3, -0.25) is 4.52 Å². The molecule has 6 heteroatoms. The van der Waals surface area contributed by atoms with Crippen LogP contribution in [0.25, 0.3) is 0 Å². The first-order valence-corrected chi connectivity index (χ1v) is 13.9. The maximum Gasteiger partial charge on any atom is 0.469 e. The smallest absolute Gasteiger partial charge is 0.331 e. The Kier molecular flexibility index (Phi) is 18.3. The number of rotatable bonds is 21. The Morgan fingerprint density at radius 3 is 1.70 bits per heavy atom. The van der Waals surface area contributed by atoms with Gasteiger partial charge in [0.05, 0.1) is 33.8 Å². The number of nitrogens with zero attached hydrogens (tertiary/aromatic N) is 1. The van der Waals surface area contributed by atoms with Crippen molar-refractivity contribution in [2.75, 3.05) is 27.7 Å². The molecule has 0 radical (unpaired) electrons. The molecular weight excluding hydrogens is 397 g/mol. The third-order valence-corrected chi connectivity index (χ3v) is 6.02. The number of unbranched alkanes of at least 4 members (excludes halogenated alkanes) is 12. The highest BCUT2D eigenvalue weighted by molar-refractivity contribution is 7.46. The first-order valence-electron chi connectivity index (χ1n) is 12.3. The van der Waals surface area contributed by atoms with Gasteiger partial charge in [0.2, 0.25) is 0 Å². The zero-order valence-electron chi connectivity index (χ0n) is 20.4. The molecule has 1 atom stereocenters. The van der Waals surface area contributed by atoms with Crippen molar-refractivity contribution in [3.05, 3.63) is 12.2 Å². The summed E-state index contributed by atoms with van der Waals surface area (Å²) in [6.07, 6.45) is 23.5. The van der Waals surface area contributed by atoms with Crippen LogP contribution in [0.15, 0.2) is 12.2 Å². The Hall–Kier alpha value is -0.190. The van der Waals surface area contributed by atoms with E-state index in [0.29, 0.717) is 6.42 Å². The molecule has 5 nitrogen and oxygen atoms in total. The summed E-state index contributed by atoms with van der Waals surface area (Å²) in [6, 6.07) is 0. The van der Waals surface area contributed by atoms with E-state index < -0.39 is 7.82 Å². The highest BCUT2D eigenvalue weighted by atomic mass is 31.2. The molecule has 2 N–H and O–H groups in total. The van der Waals surface area contributed by atoms with Crippen LogP contribution in [0.3, 0.4) is 0 Å². The van der Waals surface area contributed by atoms with E-state index in [1.54, 1.807) is 0 Å². The molecular formula is C24H51NO4P+. The van der Waals surface area contributed by atoms with Gasteiger partial charge in [-0.1, -0.05) is 83.3 Å². The Labute approximate surface area is 187 Å². The van der Waals surface area contributed by atoms with Gasteiger partial charge in [0.25, 0.3) is 0 Å². The van der Waals surface area contributed by atoms with Crippen LogP contribution in [0.1, 0.15) is 110 Å². The quantitative estimate of drug-likeness (QED) is 0.0859. The summed E-state index contributed by atoms with van der Waals surface area (Å²) < 4.78 is 17.0. The summed E-state index contributed by atoms with van der Waals surface area (Å²) in [5.41, 5.74) is 0. The van der Waals surface area contributed by atoms with Crippen LogP contribution in [0, 0.1) is 0 Å². The highest BCUT2D eigenvalue weighted by Gasteiger charge is 2.23. The molecule has 0 saturated carbocycles. The van der Waals surface area contributed by atoms with Crippen molar-refractivity contribution in [1.29, 1.82) is 0 Å². The SMILES string of the molecule is CCCCCCCCC=CCCCCCCCCC(CC[N+](C)(C)C)OP(=O)(O)O. The van der Waals surface area contributed by atoms with Gasteiger partial charge in [0, 0.05) is 6.42 Å². The van der Waals surface area contributed by atoms with Crippen molar-refractivity contribution in [1.82, 2.24) is 0 Å².